The molecule has 0 radical (unpaired) electrons. The Balaban J connectivity index is 1.57. The van der Waals surface area contributed by atoms with E-state index in [-0.39, 0.29) is 5.82 Å². The van der Waals surface area contributed by atoms with Gasteiger partial charge in [0.15, 0.2) is 5.11 Å². The van der Waals surface area contributed by atoms with Crippen molar-refractivity contribution >= 4 is 23.0 Å². The van der Waals surface area contributed by atoms with Crippen molar-refractivity contribution in [3.8, 4) is 5.75 Å². The van der Waals surface area contributed by atoms with Crippen LogP contribution in [0.15, 0.2) is 54.6 Å². The van der Waals surface area contributed by atoms with Crippen LogP contribution in [0.5, 0.6) is 5.75 Å². The lowest BCUT2D eigenvalue weighted by Gasteiger charge is -2.11. The lowest BCUT2D eigenvalue weighted by molar-refractivity contribution is 0.307. The highest BCUT2D eigenvalue weighted by atomic mass is 32.1. The Morgan fingerprint density at radius 3 is 2.50 bits per heavy atom. The predicted molar refractivity (Wildman–Crippen MR) is 91.8 cm³/mol. The second-order valence-electron chi connectivity index (χ2n) is 4.73. The molecule has 0 saturated carbocycles. The lowest BCUT2D eigenvalue weighted by atomic mass is 10.3. The van der Waals surface area contributed by atoms with Crippen molar-refractivity contribution < 1.29 is 9.13 Å². The summed E-state index contributed by atoms with van der Waals surface area (Å²) in [6.07, 6.45) is 1.84. The average Bonchev–Trinajstić information content (AvgIpc) is 2.54. The highest BCUT2D eigenvalue weighted by Gasteiger charge is 2.02. The molecule has 0 aromatic heterocycles. The summed E-state index contributed by atoms with van der Waals surface area (Å²) >= 11 is 5.13. The molecule has 0 bridgehead atoms. The van der Waals surface area contributed by atoms with Crippen LogP contribution in [0, 0.1) is 5.82 Å². The van der Waals surface area contributed by atoms with Crippen LogP contribution in [0.1, 0.15) is 12.8 Å². The number of thiocarbonyl (C=S) groups is 1. The average molecular weight is 318 g/mol. The van der Waals surface area contributed by atoms with Crippen molar-refractivity contribution in [2.75, 3.05) is 18.5 Å². The third-order valence-corrected chi connectivity index (χ3v) is 3.24. The SMILES string of the molecule is Fc1ccccc1NC(=S)NCCCCOc1ccccc1. The summed E-state index contributed by atoms with van der Waals surface area (Å²) in [6.45, 7) is 1.39. The van der Waals surface area contributed by atoms with Gasteiger partial charge >= 0.3 is 0 Å². The number of rotatable bonds is 7. The van der Waals surface area contributed by atoms with Crippen molar-refractivity contribution in [1.29, 1.82) is 0 Å². The molecule has 0 heterocycles. The zero-order valence-corrected chi connectivity index (χ0v) is 13.0. The minimum absolute atomic E-state index is 0.317. The van der Waals surface area contributed by atoms with Crippen LogP contribution in [-0.2, 0) is 0 Å². The number of hydrogen-bond acceptors (Lipinski definition) is 2. The van der Waals surface area contributed by atoms with E-state index in [1.807, 2.05) is 30.3 Å². The van der Waals surface area contributed by atoms with Crippen LogP contribution in [0.4, 0.5) is 10.1 Å². The number of unbranched alkanes of at least 4 members (excludes halogenated alkanes) is 1. The summed E-state index contributed by atoms with van der Waals surface area (Å²) in [5, 5.41) is 6.32. The van der Waals surface area contributed by atoms with Gasteiger partial charge in [0.25, 0.3) is 0 Å². The van der Waals surface area contributed by atoms with Gasteiger partial charge in [-0.3, -0.25) is 0 Å². The Bertz CT molecular complexity index is 592. The van der Waals surface area contributed by atoms with Crippen molar-refractivity contribution in [2.24, 2.45) is 0 Å². The quantitative estimate of drug-likeness (QED) is 0.598. The van der Waals surface area contributed by atoms with Crippen LogP contribution in [0.2, 0.25) is 0 Å². The van der Waals surface area contributed by atoms with Crippen LogP contribution in [-0.4, -0.2) is 18.3 Å². The number of para-hydroxylation sites is 2. The van der Waals surface area contributed by atoms with Gasteiger partial charge in [0, 0.05) is 6.54 Å². The zero-order chi connectivity index (χ0) is 15.6. The van der Waals surface area contributed by atoms with Gasteiger partial charge in [-0.25, -0.2) is 4.39 Å². The van der Waals surface area contributed by atoms with Crippen LogP contribution < -0.4 is 15.4 Å². The summed E-state index contributed by atoms with van der Waals surface area (Å²) in [5.74, 6) is 0.565. The Labute approximate surface area is 135 Å². The molecule has 2 N–H and O–H groups in total. The first-order valence-electron chi connectivity index (χ1n) is 7.23. The number of benzene rings is 2. The first-order valence-corrected chi connectivity index (χ1v) is 7.64. The molecule has 2 aromatic rings. The fourth-order valence-corrected chi connectivity index (χ4v) is 2.08. The molecule has 0 fully saturated rings. The molecule has 2 rings (SSSR count). The summed E-state index contributed by atoms with van der Waals surface area (Å²) in [7, 11) is 0. The molecule has 0 unspecified atom stereocenters. The van der Waals surface area contributed by atoms with Crippen LogP contribution >= 0.6 is 12.2 Å². The highest BCUT2D eigenvalue weighted by molar-refractivity contribution is 7.80. The van der Waals surface area contributed by atoms with Crippen LogP contribution in [0.3, 0.4) is 0 Å². The minimum Gasteiger partial charge on any atom is -0.494 e. The maximum absolute atomic E-state index is 13.4. The molecule has 5 heteroatoms. The van der Waals surface area contributed by atoms with Gasteiger partial charge in [0.2, 0.25) is 0 Å². The molecule has 0 aliphatic rings. The molecule has 0 saturated heterocycles. The molecule has 3 nitrogen and oxygen atoms in total. The number of halogens is 1. The van der Waals surface area contributed by atoms with Gasteiger partial charge in [-0.1, -0.05) is 30.3 Å². The van der Waals surface area contributed by atoms with Gasteiger partial charge in [0.05, 0.1) is 12.3 Å². The van der Waals surface area contributed by atoms with Gasteiger partial charge in [-0.15, -0.1) is 0 Å². The maximum Gasteiger partial charge on any atom is 0.170 e. The first kappa shape index (κ1) is 16.2. The van der Waals surface area contributed by atoms with Crippen molar-refractivity contribution in [2.45, 2.75) is 12.8 Å². The van der Waals surface area contributed by atoms with E-state index in [0.717, 1.165) is 25.1 Å². The molecule has 0 atom stereocenters. The van der Waals surface area contributed by atoms with E-state index in [4.69, 9.17) is 17.0 Å². The summed E-state index contributed by atoms with van der Waals surface area (Å²) in [5.41, 5.74) is 0.382. The molecule has 2 aromatic carbocycles. The Hall–Kier alpha value is -2.14. The third-order valence-electron chi connectivity index (χ3n) is 2.99. The van der Waals surface area contributed by atoms with Gasteiger partial charge in [-0.05, 0) is 49.3 Å². The Kier molecular flexibility index (Phi) is 6.64. The van der Waals surface area contributed by atoms with E-state index in [2.05, 4.69) is 10.6 Å². The van der Waals surface area contributed by atoms with E-state index in [1.54, 1.807) is 18.2 Å². The third kappa shape index (κ3) is 5.69. The molecular formula is C17H19FN2OS. The smallest absolute Gasteiger partial charge is 0.170 e. The van der Waals surface area contributed by atoms with Crippen molar-refractivity contribution in [1.82, 2.24) is 5.32 Å². The standard InChI is InChI=1S/C17H19FN2OS/c18-15-10-4-5-11-16(15)20-17(22)19-12-6-7-13-21-14-8-2-1-3-9-14/h1-5,8-11H,6-7,12-13H2,(H2,19,20,22). The molecule has 0 aliphatic heterocycles. The van der Waals surface area contributed by atoms with Gasteiger partial charge < -0.3 is 15.4 Å². The second kappa shape index (κ2) is 9.00. The largest absolute Gasteiger partial charge is 0.494 e. The Morgan fingerprint density at radius 2 is 1.73 bits per heavy atom. The van der Waals surface area contributed by atoms with Gasteiger partial charge in [-0.2, -0.15) is 0 Å². The molecule has 116 valence electrons. The first-order chi connectivity index (χ1) is 10.8. The molecular weight excluding hydrogens is 299 g/mol. The van der Waals surface area contributed by atoms with E-state index in [1.165, 1.54) is 6.07 Å². The summed E-state index contributed by atoms with van der Waals surface area (Å²) in [4.78, 5) is 0. The molecule has 0 aliphatic carbocycles. The summed E-state index contributed by atoms with van der Waals surface area (Å²) in [6, 6.07) is 16.2. The topological polar surface area (TPSA) is 33.3 Å². The lowest BCUT2D eigenvalue weighted by Crippen LogP contribution is -2.29. The molecule has 0 amide bonds. The fraction of sp³-hybridized carbons (Fsp3) is 0.235. The number of anilines is 1. The molecule has 0 spiro atoms. The monoisotopic (exact) mass is 318 g/mol. The van der Waals surface area contributed by atoms with Crippen molar-refractivity contribution in [3.05, 3.63) is 60.4 Å². The predicted octanol–water partition coefficient (Wildman–Crippen LogP) is 3.97. The van der Waals surface area contributed by atoms with E-state index >= 15 is 0 Å². The number of ether oxygens (including phenoxy) is 1. The van der Waals surface area contributed by atoms with E-state index in [0.29, 0.717) is 17.4 Å². The second-order valence-corrected chi connectivity index (χ2v) is 5.14. The normalized spacial score (nSPS) is 10.0. The highest BCUT2D eigenvalue weighted by Crippen LogP contribution is 2.12. The maximum atomic E-state index is 13.4. The zero-order valence-electron chi connectivity index (χ0n) is 12.2. The Morgan fingerprint density at radius 1 is 1.00 bits per heavy atom. The number of hydrogen-bond donors (Lipinski definition) is 2. The fourth-order valence-electron chi connectivity index (χ4n) is 1.86. The number of nitrogens with one attached hydrogen (secondary N) is 2. The molecule has 22 heavy (non-hydrogen) atoms. The van der Waals surface area contributed by atoms with Crippen molar-refractivity contribution in [3.63, 3.8) is 0 Å². The minimum atomic E-state index is -0.317. The van der Waals surface area contributed by atoms with E-state index < -0.39 is 0 Å². The summed E-state index contributed by atoms with van der Waals surface area (Å²) < 4.78 is 19.0. The van der Waals surface area contributed by atoms with E-state index in [9.17, 15) is 4.39 Å². The van der Waals surface area contributed by atoms with Gasteiger partial charge in [0.1, 0.15) is 11.6 Å². The van der Waals surface area contributed by atoms with Crippen LogP contribution in [0.25, 0.3) is 0 Å².